The summed E-state index contributed by atoms with van der Waals surface area (Å²) in [4.78, 5) is 14.1. The van der Waals surface area contributed by atoms with Crippen molar-refractivity contribution in [2.24, 2.45) is 0 Å². The summed E-state index contributed by atoms with van der Waals surface area (Å²) in [6, 6.07) is 45.7. The molecule has 1 amide bonds. The van der Waals surface area contributed by atoms with Gasteiger partial charge in [-0.25, -0.2) is 0 Å². The number of fused-ring (bicyclic) bond motifs is 3. The Morgan fingerprint density at radius 2 is 1.05 bits per heavy atom. The van der Waals surface area contributed by atoms with Crippen LogP contribution in [0.2, 0.25) is 0 Å². The molecule has 0 aliphatic heterocycles. The van der Waals surface area contributed by atoms with Crippen molar-refractivity contribution < 1.29 is 47.0 Å². The van der Waals surface area contributed by atoms with E-state index in [1.54, 1.807) is 0 Å². The summed E-state index contributed by atoms with van der Waals surface area (Å²) in [5.74, 6) is 0.0676. The number of rotatable bonds is 6. The second-order valence-corrected chi connectivity index (χ2v) is 20.3. The first-order valence-corrected chi connectivity index (χ1v) is 19.3. The van der Waals surface area contributed by atoms with E-state index in [-0.39, 0.29) is 34.9 Å². The van der Waals surface area contributed by atoms with E-state index in [0.717, 1.165) is 16.7 Å². The van der Waals surface area contributed by atoms with Gasteiger partial charge in [0.1, 0.15) is 0 Å². The maximum Gasteiger partial charge on any atom is -1.00 e. The predicted octanol–water partition coefficient (Wildman–Crippen LogP) is -0.117. The molecule has 0 atom stereocenters. The number of nitrogens with one attached hydrogen (secondary N) is 1. The third-order valence-corrected chi connectivity index (χ3v) is 20.9. The zero-order chi connectivity index (χ0) is 26.1. The van der Waals surface area contributed by atoms with Crippen LogP contribution in [0.4, 0.5) is 0 Å². The first-order chi connectivity index (χ1) is 18.6. The van der Waals surface area contributed by atoms with Crippen LogP contribution in [0.25, 0.3) is 11.1 Å². The van der Waals surface area contributed by atoms with Gasteiger partial charge in [-0.3, -0.25) is 0 Å². The zero-order valence-corrected chi connectivity index (χ0v) is 26.7. The van der Waals surface area contributed by atoms with Gasteiger partial charge in [0.15, 0.2) is 0 Å². The van der Waals surface area contributed by atoms with Crippen molar-refractivity contribution in [3.05, 3.63) is 155 Å². The molecule has 5 aromatic carbocycles. The van der Waals surface area contributed by atoms with Gasteiger partial charge in [0, 0.05) is 0 Å². The average Bonchev–Trinajstić information content (AvgIpc) is 3.28. The summed E-state index contributed by atoms with van der Waals surface area (Å²) >= 11 is -2.44. The second kappa shape index (κ2) is 13.2. The molecule has 0 spiro atoms. The van der Waals surface area contributed by atoms with Gasteiger partial charge in [0.25, 0.3) is 0 Å². The first kappa shape index (κ1) is 30.0. The molecule has 0 aromatic heterocycles. The second-order valence-electron chi connectivity index (χ2n) is 10.1. The van der Waals surface area contributed by atoms with Gasteiger partial charge >= 0.3 is 233 Å². The average molecular weight is 615 g/mol. The summed E-state index contributed by atoms with van der Waals surface area (Å²) < 4.78 is 4.03. The number of aryl methyl sites for hydroxylation is 2. The summed E-state index contributed by atoms with van der Waals surface area (Å²) in [6.45, 7) is 2.33. The van der Waals surface area contributed by atoms with Crippen LogP contribution < -0.4 is 39.0 Å². The molecule has 0 saturated heterocycles. The molecule has 1 aliphatic rings. The SMILES string of the molecule is Cc1cc(C)cc(C(=O)[NH][Ti+2]([CH]2c3ccccc3-c3ccccc32)[SiH](c2ccccc2)c2ccccc2)c1.[Cl-].[Cl-]. The van der Waals surface area contributed by atoms with Crippen molar-refractivity contribution in [2.45, 2.75) is 18.1 Å². The minimum Gasteiger partial charge on any atom is -1.00 e. The molecule has 40 heavy (non-hydrogen) atoms. The molecule has 6 heteroatoms. The molecule has 0 radical (unpaired) electrons. The molecule has 5 aromatic rings. The van der Waals surface area contributed by atoms with Gasteiger partial charge in [-0.1, -0.05) is 0 Å². The zero-order valence-electron chi connectivity index (χ0n) is 22.4. The first-order valence-electron chi connectivity index (χ1n) is 13.1. The summed E-state index contributed by atoms with van der Waals surface area (Å²) in [7, 11) is 0. The summed E-state index contributed by atoms with van der Waals surface area (Å²) in [6.07, 6.45) is 0. The minimum absolute atomic E-state index is 0. The molecular weight excluding hydrogens is 585 g/mol. The van der Waals surface area contributed by atoms with Crippen LogP contribution in [-0.4, -0.2) is 12.6 Å². The van der Waals surface area contributed by atoms with E-state index >= 15 is 0 Å². The topological polar surface area (TPSA) is 29.1 Å². The van der Waals surface area contributed by atoms with Crippen molar-refractivity contribution in [2.75, 3.05) is 0 Å². The Hall–Kier alpha value is -2.92. The Labute approximate surface area is 256 Å². The van der Waals surface area contributed by atoms with E-state index < -0.39 is 24.0 Å². The molecule has 0 fully saturated rings. The van der Waals surface area contributed by atoms with Gasteiger partial charge in [0.05, 0.1) is 0 Å². The Balaban J connectivity index is 0.00000185. The maximum atomic E-state index is 14.1. The van der Waals surface area contributed by atoms with Crippen LogP contribution in [-0.2, 0) is 17.4 Å². The quantitative estimate of drug-likeness (QED) is 0.266. The van der Waals surface area contributed by atoms with Crippen LogP contribution in [0.3, 0.4) is 0 Å². The van der Waals surface area contributed by atoms with Crippen molar-refractivity contribution in [3.8, 4) is 11.1 Å². The molecule has 6 rings (SSSR count). The van der Waals surface area contributed by atoms with Gasteiger partial charge in [-0.2, -0.15) is 0 Å². The molecular formula is C34H30Cl2NOSiTi. The van der Waals surface area contributed by atoms with Crippen LogP contribution >= 0.6 is 0 Å². The Kier molecular flexibility index (Phi) is 9.89. The molecule has 199 valence electrons. The van der Waals surface area contributed by atoms with E-state index in [2.05, 4.69) is 133 Å². The van der Waals surface area contributed by atoms with Crippen molar-refractivity contribution in [1.29, 1.82) is 0 Å². The third-order valence-electron chi connectivity index (χ3n) is 7.46. The predicted molar refractivity (Wildman–Crippen MR) is 156 cm³/mol. The summed E-state index contributed by atoms with van der Waals surface area (Å²) in [5.41, 5.74) is 8.37. The number of amides is 1. The van der Waals surface area contributed by atoms with E-state index in [4.69, 9.17) is 0 Å². The Morgan fingerprint density at radius 1 is 0.625 bits per heavy atom. The number of carbonyl (C=O) groups excluding carboxylic acids is 1. The van der Waals surface area contributed by atoms with Crippen molar-refractivity contribution in [3.63, 3.8) is 0 Å². The van der Waals surface area contributed by atoms with Crippen molar-refractivity contribution in [1.82, 2.24) is 3.80 Å². The van der Waals surface area contributed by atoms with Gasteiger partial charge < -0.3 is 24.8 Å². The van der Waals surface area contributed by atoms with E-state index in [9.17, 15) is 4.79 Å². The molecule has 2 nitrogen and oxygen atoms in total. The van der Waals surface area contributed by atoms with E-state index in [1.807, 2.05) is 12.1 Å². The molecule has 0 unspecified atom stereocenters. The van der Waals surface area contributed by atoms with E-state index in [1.165, 1.54) is 32.6 Å². The molecule has 1 aliphatic carbocycles. The Bertz CT molecular complexity index is 1510. The smallest absolute Gasteiger partial charge is 1.00 e. The monoisotopic (exact) mass is 614 g/mol. The normalized spacial score (nSPS) is 11.6. The number of benzene rings is 5. The van der Waals surface area contributed by atoms with Gasteiger partial charge in [-0.05, 0) is 0 Å². The minimum atomic E-state index is -2.44. The van der Waals surface area contributed by atoms with Crippen LogP contribution in [0.15, 0.2) is 127 Å². The molecule has 1 N–H and O–H groups in total. The van der Waals surface area contributed by atoms with E-state index in [0.29, 0.717) is 0 Å². The largest absolute Gasteiger partial charge is 1.00 e. The fraction of sp³-hybridized carbons (Fsp3) is 0.0882. The van der Waals surface area contributed by atoms with Crippen LogP contribution in [0.5, 0.6) is 0 Å². The molecule has 0 bridgehead atoms. The standard InChI is InChI=1S/C13H9.C12H11Si.C9H11NO.2ClH.Ti/c1-3-7-12-10(5-1)9-11-6-2-4-8-13(11)12;1-3-7-11(8-4-1)13-12-9-5-2-6-10-12;1-6-3-7(2)5-8(4-6)9(10)11;;;/h1-9H;1-10,13H;3-5H,1-2H3,(H2,10,11);2*1H;/q;;;;;+3/p-3. The number of halogens is 2. The van der Waals surface area contributed by atoms with Gasteiger partial charge in [0.2, 0.25) is 0 Å². The van der Waals surface area contributed by atoms with Crippen LogP contribution in [0, 0.1) is 13.8 Å². The fourth-order valence-corrected chi connectivity index (χ4v) is 20.9. The van der Waals surface area contributed by atoms with Gasteiger partial charge in [-0.15, -0.1) is 0 Å². The number of hydrogen-bond acceptors (Lipinski definition) is 1. The molecule has 0 saturated carbocycles. The Morgan fingerprint density at radius 3 is 1.52 bits per heavy atom. The summed E-state index contributed by atoms with van der Waals surface area (Å²) in [5, 5.41) is 2.80. The fourth-order valence-electron chi connectivity index (χ4n) is 5.95. The van der Waals surface area contributed by atoms with Crippen LogP contribution in [0.1, 0.15) is 36.8 Å². The maximum absolute atomic E-state index is 14.1. The van der Waals surface area contributed by atoms with Crippen molar-refractivity contribution >= 4 is 22.9 Å². The molecule has 0 heterocycles. The number of hydrogen-bond donors (Lipinski definition) is 1. The number of carbonyl (C=O) groups is 1. The third kappa shape index (κ3) is 5.90.